The number of aromatic nitrogens is 3. The molecule has 0 fully saturated rings. The Kier molecular flexibility index (Phi) is 6.09. The predicted molar refractivity (Wildman–Crippen MR) is 93.5 cm³/mol. The second-order valence-corrected chi connectivity index (χ2v) is 6.18. The number of aryl methyl sites for hydroxylation is 1. The summed E-state index contributed by atoms with van der Waals surface area (Å²) in [6, 6.07) is 7.27. The molecule has 0 aliphatic rings. The normalized spacial score (nSPS) is 11.5. The summed E-state index contributed by atoms with van der Waals surface area (Å²) in [5.41, 5.74) is 1.45. The van der Waals surface area contributed by atoms with Gasteiger partial charge in [0.15, 0.2) is 5.82 Å². The maximum Gasteiger partial charge on any atom is 0.251 e. The van der Waals surface area contributed by atoms with Crippen molar-refractivity contribution in [1.82, 2.24) is 20.1 Å². The topological polar surface area (TPSA) is 80.0 Å². The van der Waals surface area contributed by atoms with Gasteiger partial charge in [-0.25, -0.2) is 4.98 Å². The van der Waals surface area contributed by atoms with Crippen molar-refractivity contribution in [2.75, 3.05) is 13.2 Å². The van der Waals surface area contributed by atoms with E-state index >= 15 is 0 Å². The van der Waals surface area contributed by atoms with Gasteiger partial charge in [-0.2, -0.15) is 5.10 Å². The van der Waals surface area contributed by atoms with Crippen molar-refractivity contribution in [3.63, 3.8) is 0 Å². The molecule has 1 heterocycles. The number of hydrogen-bond donors (Lipinski definition) is 2. The molecule has 0 aliphatic heterocycles. The van der Waals surface area contributed by atoms with Gasteiger partial charge >= 0.3 is 0 Å². The highest BCUT2D eigenvalue weighted by atomic mass is 16.3. The van der Waals surface area contributed by atoms with Crippen molar-refractivity contribution >= 4 is 5.91 Å². The minimum atomic E-state index is -0.0975. The maximum absolute atomic E-state index is 12.4. The highest BCUT2D eigenvalue weighted by molar-refractivity contribution is 5.94. The van der Waals surface area contributed by atoms with E-state index < -0.39 is 0 Å². The van der Waals surface area contributed by atoms with Crippen LogP contribution in [0.1, 0.15) is 43.5 Å². The van der Waals surface area contributed by atoms with E-state index in [0.29, 0.717) is 24.4 Å². The molecule has 0 aliphatic carbocycles. The summed E-state index contributed by atoms with van der Waals surface area (Å²) in [6.45, 7) is 4.91. The van der Waals surface area contributed by atoms with Crippen LogP contribution in [0.25, 0.3) is 11.4 Å². The molecule has 0 spiro atoms. The molecule has 6 heteroatoms. The molecule has 1 amide bonds. The lowest BCUT2D eigenvalue weighted by molar-refractivity contribution is 0.0907. The molecule has 2 rings (SSSR count). The summed E-state index contributed by atoms with van der Waals surface area (Å²) in [5.74, 6) is 0.545. The van der Waals surface area contributed by atoms with E-state index in [1.165, 1.54) is 0 Å². The van der Waals surface area contributed by atoms with Gasteiger partial charge in [0.2, 0.25) is 0 Å². The second-order valence-electron chi connectivity index (χ2n) is 6.18. The summed E-state index contributed by atoms with van der Waals surface area (Å²) >= 11 is 0. The molecular formula is C18H26N4O2. The zero-order valence-electron chi connectivity index (χ0n) is 14.6. The molecule has 130 valence electrons. The van der Waals surface area contributed by atoms with Crippen LogP contribution in [0.3, 0.4) is 0 Å². The zero-order chi connectivity index (χ0) is 17.6. The minimum Gasteiger partial charge on any atom is -0.396 e. The Morgan fingerprint density at radius 1 is 1.25 bits per heavy atom. The van der Waals surface area contributed by atoms with E-state index in [4.69, 9.17) is 0 Å². The number of aliphatic hydroxyl groups excluding tert-OH is 1. The quantitative estimate of drug-likeness (QED) is 0.779. The SMILES string of the molecule is CCC(CC)(CCO)CNC(=O)c1ccc(-c2ncn(C)n2)cc1. The predicted octanol–water partition coefficient (Wildman–Crippen LogP) is 2.40. The lowest BCUT2D eigenvalue weighted by Gasteiger charge is -2.31. The van der Waals surface area contributed by atoms with Gasteiger partial charge in [0.05, 0.1) is 0 Å². The summed E-state index contributed by atoms with van der Waals surface area (Å²) < 4.78 is 1.65. The number of nitrogens with one attached hydrogen (secondary N) is 1. The van der Waals surface area contributed by atoms with E-state index in [9.17, 15) is 9.90 Å². The first-order valence-corrected chi connectivity index (χ1v) is 8.38. The fourth-order valence-electron chi connectivity index (χ4n) is 2.79. The Balaban J connectivity index is 2.02. The Morgan fingerprint density at radius 3 is 2.42 bits per heavy atom. The van der Waals surface area contributed by atoms with E-state index in [1.54, 1.807) is 23.1 Å². The molecule has 24 heavy (non-hydrogen) atoms. The maximum atomic E-state index is 12.4. The van der Waals surface area contributed by atoms with Crippen LogP contribution in [0.5, 0.6) is 0 Å². The number of aliphatic hydroxyl groups is 1. The summed E-state index contributed by atoms with van der Waals surface area (Å²) in [5, 5.41) is 16.5. The lowest BCUT2D eigenvalue weighted by Crippen LogP contribution is -2.37. The summed E-state index contributed by atoms with van der Waals surface area (Å²) in [4.78, 5) is 16.6. The fourth-order valence-corrected chi connectivity index (χ4v) is 2.79. The molecule has 1 aromatic heterocycles. The molecule has 0 radical (unpaired) electrons. The molecule has 0 saturated carbocycles. The highest BCUT2D eigenvalue weighted by Gasteiger charge is 2.26. The molecule has 2 N–H and O–H groups in total. The van der Waals surface area contributed by atoms with E-state index in [1.807, 2.05) is 19.2 Å². The number of carbonyl (C=O) groups is 1. The monoisotopic (exact) mass is 330 g/mol. The number of benzene rings is 1. The van der Waals surface area contributed by atoms with Crippen LogP contribution in [0.4, 0.5) is 0 Å². The van der Waals surface area contributed by atoms with Gasteiger partial charge in [0, 0.05) is 31.3 Å². The van der Waals surface area contributed by atoms with Crippen molar-refractivity contribution in [1.29, 1.82) is 0 Å². The van der Waals surface area contributed by atoms with Gasteiger partial charge in [-0.05, 0) is 36.8 Å². The van der Waals surface area contributed by atoms with Crippen molar-refractivity contribution < 1.29 is 9.90 Å². The summed E-state index contributed by atoms with van der Waals surface area (Å²) in [6.07, 6.45) is 4.19. The average Bonchev–Trinajstić information content (AvgIpc) is 3.05. The number of rotatable bonds is 8. The number of carbonyl (C=O) groups excluding carboxylic acids is 1. The third kappa shape index (κ3) is 4.20. The van der Waals surface area contributed by atoms with E-state index in [0.717, 1.165) is 18.4 Å². The Bertz CT molecular complexity index is 660. The number of amides is 1. The van der Waals surface area contributed by atoms with Crippen molar-refractivity contribution in [2.45, 2.75) is 33.1 Å². The van der Waals surface area contributed by atoms with Crippen LogP contribution in [0, 0.1) is 5.41 Å². The number of nitrogens with zero attached hydrogens (tertiary/aromatic N) is 3. The van der Waals surface area contributed by atoms with E-state index in [2.05, 4.69) is 29.2 Å². The molecule has 0 bridgehead atoms. The zero-order valence-corrected chi connectivity index (χ0v) is 14.6. The Hall–Kier alpha value is -2.21. The van der Waals surface area contributed by atoms with Crippen LogP contribution in [-0.2, 0) is 7.05 Å². The van der Waals surface area contributed by atoms with Crippen LogP contribution in [0.15, 0.2) is 30.6 Å². The van der Waals surface area contributed by atoms with Gasteiger partial charge in [0.25, 0.3) is 5.91 Å². The molecule has 1 aromatic carbocycles. The van der Waals surface area contributed by atoms with Crippen LogP contribution >= 0.6 is 0 Å². The average molecular weight is 330 g/mol. The van der Waals surface area contributed by atoms with Crippen molar-refractivity contribution in [3.05, 3.63) is 36.2 Å². The Morgan fingerprint density at radius 2 is 1.92 bits per heavy atom. The smallest absolute Gasteiger partial charge is 0.251 e. The van der Waals surface area contributed by atoms with Gasteiger partial charge in [-0.1, -0.05) is 26.0 Å². The second kappa shape index (κ2) is 8.06. The van der Waals surface area contributed by atoms with Crippen molar-refractivity contribution in [2.24, 2.45) is 12.5 Å². The van der Waals surface area contributed by atoms with Crippen LogP contribution in [-0.4, -0.2) is 38.9 Å². The van der Waals surface area contributed by atoms with Gasteiger partial charge in [0.1, 0.15) is 6.33 Å². The molecule has 0 atom stereocenters. The molecule has 0 saturated heterocycles. The van der Waals surface area contributed by atoms with Gasteiger partial charge < -0.3 is 10.4 Å². The van der Waals surface area contributed by atoms with Gasteiger partial charge in [-0.15, -0.1) is 0 Å². The van der Waals surface area contributed by atoms with Crippen molar-refractivity contribution in [3.8, 4) is 11.4 Å². The number of hydrogen-bond acceptors (Lipinski definition) is 4. The third-order valence-electron chi connectivity index (χ3n) is 4.77. The first-order chi connectivity index (χ1) is 11.5. The largest absolute Gasteiger partial charge is 0.396 e. The van der Waals surface area contributed by atoms with Crippen LogP contribution in [0.2, 0.25) is 0 Å². The van der Waals surface area contributed by atoms with Gasteiger partial charge in [-0.3, -0.25) is 9.48 Å². The van der Waals surface area contributed by atoms with Crippen LogP contribution < -0.4 is 5.32 Å². The molecular weight excluding hydrogens is 304 g/mol. The third-order valence-corrected chi connectivity index (χ3v) is 4.77. The minimum absolute atomic E-state index is 0.0395. The lowest BCUT2D eigenvalue weighted by atomic mass is 9.79. The molecule has 6 nitrogen and oxygen atoms in total. The highest BCUT2D eigenvalue weighted by Crippen LogP contribution is 2.29. The first kappa shape index (κ1) is 18.1. The Labute approximate surface area is 142 Å². The molecule has 2 aromatic rings. The van der Waals surface area contributed by atoms with E-state index in [-0.39, 0.29) is 17.9 Å². The standard InChI is InChI=1S/C18H26N4O2/c1-4-18(5-2,10-11-23)12-19-17(24)15-8-6-14(7-9-15)16-20-13-22(3)21-16/h6-9,13,23H,4-5,10-12H2,1-3H3,(H,19,24). The summed E-state index contributed by atoms with van der Waals surface area (Å²) in [7, 11) is 1.82. The fraction of sp³-hybridized carbons (Fsp3) is 0.500. The molecule has 0 unspecified atom stereocenters. The first-order valence-electron chi connectivity index (χ1n) is 8.38.